The fourth-order valence-electron chi connectivity index (χ4n) is 5.13. The molecule has 7 nitrogen and oxygen atoms in total. The van der Waals surface area contributed by atoms with Crippen molar-refractivity contribution in [2.45, 2.75) is 77.6 Å². The zero-order valence-corrected chi connectivity index (χ0v) is 26.4. The van der Waals surface area contributed by atoms with Crippen molar-refractivity contribution >= 4 is 12.1 Å². The summed E-state index contributed by atoms with van der Waals surface area (Å²) in [7, 11) is 0. The number of hydrogen-bond donors (Lipinski definition) is 0. The summed E-state index contributed by atoms with van der Waals surface area (Å²) in [5.74, 6) is 0.519. The summed E-state index contributed by atoms with van der Waals surface area (Å²) in [5.41, 5.74) is 2.77. The van der Waals surface area contributed by atoms with Crippen LogP contribution < -0.4 is 4.74 Å². The van der Waals surface area contributed by atoms with E-state index in [0.717, 1.165) is 28.0 Å². The first-order valence-electron chi connectivity index (χ1n) is 15.0. The average Bonchev–Trinajstić information content (AvgIpc) is 2.91. The van der Waals surface area contributed by atoms with Crippen molar-refractivity contribution in [3.63, 3.8) is 0 Å². The Bertz CT molecular complexity index is 1350. The summed E-state index contributed by atoms with van der Waals surface area (Å²) in [6.45, 7) is 13.4. The molecule has 4 rings (SSSR count). The Morgan fingerprint density at radius 2 is 1.40 bits per heavy atom. The minimum Gasteiger partial charge on any atom is -0.489 e. The lowest BCUT2D eigenvalue weighted by molar-refractivity contribution is -0.156. The van der Waals surface area contributed by atoms with Crippen molar-refractivity contribution in [1.82, 2.24) is 4.90 Å². The van der Waals surface area contributed by atoms with Crippen molar-refractivity contribution in [2.75, 3.05) is 26.3 Å². The molecule has 43 heavy (non-hydrogen) atoms. The third kappa shape index (κ3) is 9.07. The Hall–Kier alpha value is -3.84. The van der Waals surface area contributed by atoms with Gasteiger partial charge in [0.1, 0.15) is 23.6 Å². The van der Waals surface area contributed by atoms with E-state index in [1.54, 1.807) is 4.90 Å². The maximum absolute atomic E-state index is 13.0. The van der Waals surface area contributed by atoms with Gasteiger partial charge in [-0.15, -0.1) is 0 Å². The van der Waals surface area contributed by atoms with Gasteiger partial charge in [-0.25, -0.2) is 4.79 Å². The van der Waals surface area contributed by atoms with Crippen molar-refractivity contribution < 1.29 is 28.5 Å². The van der Waals surface area contributed by atoms with Crippen LogP contribution in [-0.4, -0.2) is 54.5 Å². The van der Waals surface area contributed by atoms with Crippen LogP contribution in [0.4, 0.5) is 4.79 Å². The van der Waals surface area contributed by atoms with Gasteiger partial charge < -0.3 is 23.8 Å². The molecule has 0 aliphatic carbocycles. The molecule has 0 aromatic heterocycles. The number of carbonyl (C=O) groups is 2. The first-order valence-corrected chi connectivity index (χ1v) is 15.0. The van der Waals surface area contributed by atoms with E-state index in [2.05, 4.69) is 24.3 Å². The Balaban J connectivity index is 1.56. The summed E-state index contributed by atoms with van der Waals surface area (Å²) in [5, 5.41) is 0. The lowest BCUT2D eigenvalue weighted by atomic mass is 9.68. The highest BCUT2D eigenvalue weighted by Crippen LogP contribution is 2.46. The highest BCUT2D eigenvalue weighted by molar-refractivity contribution is 5.72. The Morgan fingerprint density at radius 3 is 2.02 bits per heavy atom. The van der Waals surface area contributed by atoms with Gasteiger partial charge in [-0.1, -0.05) is 72.8 Å². The zero-order chi connectivity index (χ0) is 31.1. The van der Waals surface area contributed by atoms with Gasteiger partial charge >= 0.3 is 12.1 Å². The van der Waals surface area contributed by atoms with Gasteiger partial charge in [-0.3, -0.25) is 4.79 Å². The molecule has 0 bridgehead atoms. The Morgan fingerprint density at radius 1 is 0.767 bits per heavy atom. The number of nitrogens with zero attached hydrogens (tertiary/aromatic N) is 1. The van der Waals surface area contributed by atoms with Crippen LogP contribution in [0, 0.1) is 0 Å². The SMILES string of the molecule is CC(C)(C)OC(=O)CCOCCc1ccc(OCc2ccccc2)c(C2(c3ccccc3)CN(C(=O)OC(C)(C)C)C2)c1. The molecule has 0 unspecified atom stereocenters. The molecule has 0 radical (unpaired) electrons. The molecule has 3 aromatic rings. The zero-order valence-electron chi connectivity index (χ0n) is 26.4. The van der Waals surface area contributed by atoms with Crippen LogP contribution in [0.15, 0.2) is 78.9 Å². The van der Waals surface area contributed by atoms with Crippen molar-refractivity contribution in [2.24, 2.45) is 0 Å². The molecule has 1 saturated heterocycles. The molecule has 3 aromatic carbocycles. The summed E-state index contributed by atoms with van der Waals surface area (Å²) < 4.78 is 23.3. The van der Waals surface area contributed by atoms with Crippen molar-refractivity contribution in [1.29, 1.82) is 0 Å². The molecule has 0 atom stereocenters. The van der Waals surface area contributed by atoms with Gasteiger partial charge in [-0.05, 0) is 70.7 Å². The van der Waals surface area contributed by atoms with E-state index < -0.39 is 16.6 Å². The predicted octanol–water partition coefficient (Wildman–Crippen LogP) is 7.09. The average molecular weight is 588 g/mol. The summed E-state index contributed by atoms with van der Waals surface area (Å²) >= 11 is 0. The molecule has 1 aliphatic rings. The van der Waals surface area contributed by atoms with Crippen LogP contribution in [0.2, 0.25) is 0 Å². The lowest BCUT2D eigenvalue weighted by Gasteiger charge is -2.51. The molecule has 1 amide bonds. The first-order chi connectivity index (χ1) is 20.3. The fraction of sp³-hybridized carbons (Fsp3) is 0.444. The number of hydrogen-bond acceptors (Lipinski definition) is 6. The van der Waals surface area contributed by atoms with Crippen LogP contribution >= 0.6 is 0 Å². The highest BCUT2D eigenvalue weighted by atomic mass is 16.6. The van der Waals surface area contributed by atoms with E-state index >= 15 is 0 Å². The molecule has 1 heterocycles. The molecule has 1 aliphatic heterocycles. The van der Waals surface area contributed by atoms with E-state index in [-0.39, 0.29) is 18.5 Å². The van der Waals surface area contributed by atoms with Crippen LogP contribution in [0.5, 0.6) is 5.75 Å². The standard InChI is InChI=1S/C36H45NO6/c1-34(2,3)42-32(38)20-22-40-21-19-27-17-18-31(41-24-28-13-9-7-10-14-28)30(23-27)36(29-15-11-8-12-16-29)25-37(26-36)33(39)43-35(4,5)6/h7-18,23H,19-22,24-26H2,1-6H3. The first kappa shape index (κ1) is 32.1. The third-order valence-corrected chi connectivity index (χ3v) is 7.10. The predicted molar refractivity (Wildman–Crippen MR) is 167 cm³/mol. The van der Waals surface area contributed by atoms with Crippen LogP contribution in [0.3, 0.4) is 0 Å². The number of likely N-dealkylation sites (tertiary alicyclic amines) is 1. The molecule has 1 fully saturated rings. The summed E-state index contributed by atoms with van der Waals surface area (Å²) in [4.78, 5) is 26.8. The van der Waals surface area contributed by atoms with Gasteiger partial charge in [0.2, 0.25) is 0 Å². The van der Waals surface area contributed by atoms with Gasteiger partial charge in [-0.2, -0.15) is 0 Å². The summed E-state index contributed by atoms with van der Waals surface area (Å²) in [6, 6.07) is 26.6. The van der Waals surface area contributed by atoms with Crippen LogP contribution in [0.1, 0.15) is 70.2 Å². The second-order valence-corrected chi connectivity index (χ2v) is 13.1. The number of amides is 1. The van der Waals surface area contributed by atoms with Crippen molar-refractivity contribution in [3.8, 4) is 5.75 Å². The van der Waals surface area contributed by atoms with Crippen LogP contribution in [-0.2, 0) is 37.4 Å². The molecule has 7 heteroatoms. The Labute approximate surface area is 256 Å². The van der Waals surface area contributed by atoms with Gasteiger partial charge in [0.05, 0.1) is 25.0 Å². The van der Waals surface area contributed by atoms with E-state index in [4.69, 9.17) is 18.9 Å². The van der Waals surface area contributed by atoms with Gasteiger partial charge in [0.15, 0.2) is 0 Å². The Kier molecular flexibility index (Phi) is 10.2. The van der Waals surface area contributed by atoms with Crippen molar-refractivity contribution in [3.05, 3.63) is 101 Å². The highest BCUT2D eigenvalue weighted by Gasteiger charge is 2.50. The normalized spacial score (nSPS) is 14.5. The van der Waals surface area contributed by atoms with E-state index in [0.29, 0.717) is 39.3 Å². The second-order valence-electron chi connectivity index (χ2n) is 13.1. The minimum absolute atomic E-state index is 0.215. The van der Waals surface area contributed by atoms with Gasteiger partial charge in [0.25, 0.3) is 0 Å². The fourth-order valence-corrected chi connectivity index (χ4v) is 5.13. The third-order valence-electron chi connectivity index (χ3n) is 7.10. The molecule has 0 saturated carbocycles. The monoisotopic (exact) mass is 587 g/mol. The number of esters is 1. The number of ether oxygens (including phenoxy) is 4. The van der Waals surface area contributed by atoms with Gasteiger partial charge in [0, 0.05) is 18.7 Å². The largest absolute Gasteiger partial charge is 0.489 e. The topological polar surface area (TPSA) is 74.3 Å². The maximum Gasteiger partial charge on any atom is 0.410 e. The van der Waals surface area contributed by atoms with E-state index in [9.17, 15) is 9.59 Å². The second kappa shape index (κ2) is 13.6. The number of rotatable bonds is 11. The van der Waals surface area contributed by atoms with E-state index in [1.165, 1.54) is 0 Å². The van der Waals surface area contributed by atoms with Crippen LogP contribution in [0.25, 0.3) is 0 Å². The molecule has 0 spiro atoms. The minimum atomic E-state index is -0.574. The number of benzene rings is 3. The molecule has 0 N–H and O–H groups in total. The number of carbonyl (C=O) groups excluding carboxylic acids is 2. The smallest absolute Gasteiger partial charge is 0.410 e. The molecule has 230 valence electrons. The lowest BCUT2D eigenvalue weighted by Crippen LogP contribution is -2.62. The molecular formula is C36H45NO6. The quantitative estimate of drug-likeness (QED) is 0.176. The summed E-state index contributed by atoms with van der Waals surface area (Å²) in [6.07, 6.45) is 0.563. The maximum atomic E-state index is 13.0. The van der Waals surface area contributed by atoms with E-state index in [1.807, 2.05) is 96.1 Å². The molecular weight excluding hydrogens is 542 g/mol.